The van der Waals surface area contributed by atoms with Crippen LogP contribution in [0.15, 0.2) is 41.3 Å². The smallest absolute Gasteiger partial charge is 0.321 e. The van der Waals surface area contributed by atoms with Crippen LogP contribution in [0.3, 0.4) is 0 Å². The second kappa shape index (κ2) is 5.34. The quantitative estimate of drug-likeness (QED) is 0.564. The van der Waals surface area contributed by atoms with Gasteiger partial charge in [-0.2, -0.15) is 0 Å². The number of anilines is 1. The molecule has 0 radical (unpaired) electrons. The Morgan fingerprint density at radius 1 is 1.19 bits per heavy atom. The van der Waals surface area contributed by atoms with Crippen LogP contribution in [-0.4, -0.2) is 24.2 Å². The minimum absolute atomic E-state index is 0.0113. The van der Waals surface area contributed by atoms with Crippen molar-refractivity contribution in [1.82, 2.24) is 4.98 Å². The number of nitrogens with one attached hydrogen (secondary N) is 2. The maximum absolute atomic E-state index is 11.8. The molecule has 0 bridgehead atoms. The maximum atomic E-state index is 11.8. The molecule has 0 saturated carbocycles. The maximum Gasteiger partial charge on any atom is 0.321 e. The molecule has 21 heavy (non-hydrogen) atoms. The first-order valence-corrected chi connectivity index (χ1v) is 7.09. The Hall–Kier alpha value is -2.72. The van der Waals surface area contributed by atoms with Gasteiger partial charge in [0.15, 0.2) is 5.69 Å². The molecule has 0 aliphatic heterocycles. The number of amides is 1. The summed E-state index contributed by atoms with van der Waals surface area (Å²) in [5.74, 6) is -0.892. The first kappa shape index (κ1) is 14.7. The highest BCUT2D eigenvalue weighted by atomic mass is 32.2. The van der Waals surface area contributed by atoms with Crippen molar-refractivity contribution in [3.8, 4) is 0 Å². The number of benzene rings is 1. The average Bonchev–Trinajstić information content (AvgIpc) is 2.88. The van der Waals surface area contributed by atoms with E-state index in [2.05, 4.69) is 10.3 Å². The molecule has 9 nitrogen and oxygen atoms in total. The standard InChI is InChI=1S/C11H10N4O5S/c12-21(19,20)8-3-1-7(2-4-8)13-11(16)9-5-6-10(14-9)15(17)18/h1-6,14H,(H,13,16)(H2,12,19,20). The van der Waals surface area contributed by atoms with E-state index in [1.807, 2.05) is 0 Å². The molecule has 1 aromatic carbocycles. The number of rotatable bonds is 4. The fraction of sp³-hybridized carbons (Fsp3) is 0. The van der Waals surface area contributed by atoms with Crippen LogP contribution in [0.25, 0.3) is 0 Å². The van der Waals surface area contributed by atoms with E-state index >= 15 is 0 Å². The number of aromatic nitrogens is 1. The Balaban J connectivity index is 2.14. The molecule has 0 aliphatic rings. The van der Waals surface area contributed by atoms with Gasteiger partial charge in [0, 0.05) is 11.8 Å². The largest absolute Gasteiger partial charge is 0.358 e. The van der Waals surface area contributed by atoms with Gasteiger partial charge in [0.1, 0.15) is 0 Å². The number of sulfonamides is 1. The molecule has 1 aromatic heterocycles. The van der Waals surface area contributed by atoms with Crippen molar-refractivity contribution in [2.45, 2.75) is 4.90 Å². The van der Waals surface area contributed by atoms with E-state index in [9.17, 15) is 23.3 Å². The highest BCUT2D eigenvalue weighted by molar-refractivity contribution is 7.89. The van der Waals surface area contributed by atoms with Gasteiger partial charge in [-0.1, -0.05) is 0 Å². The fourth-order valence-electron chi connectivity index (χ4n) is 1.55. The van der Waals surface area contributed by atoms with Crippen molar-refractivity contribution in [3.63, 3.8) is 0 Å². The molecular formula is C11H10N4O5S. The molecule has 0 unspecified atom stereocenters. The summed E-state index contributed by atoms with van der Waals surface area (Å²) in [6, 6.07) is 7.62. The normalized spacial score (nSPS) is 11.1. The van der Waals surface area contributed by atoms with Crippen LogP contribution in [0, 0.1) is 10.1 Å². The summed E-state index contributed by atoms with van der Waals surface area (Å²) in [5, 5.41) is 17.9. The van der Waals surface area contributed by atoms with Gasteiger partial charge in [0.05, 0.1) is 4.90 Å². The third kappa shape index (κ3) is 3.43. The second-order valence-electron chi connectivity index (χ2n) is 4.04. The summed E-state index contributed by atoms with van der Waals surface area (Å²) in [4.78, 5) is 23.9. The highest BCUT2D eigenvalue weighted by Gasteiger charge is 2.15. The van der Waals surface area contributed by atoms with E-state index in [4.69, 9.17) is 5.14 Å². The third-order valence-corrected chi connectivity index (χ3v) is 3.48. The van der Waals surface area contributed by atoms with Gasteiger partial charge < -0.3 is 15.4 Å². The predicted molar refractivity (Wildman–Crippen MR) is 73.2 cm³/mol. The van der Waals surface area contributed by atoms with Crippen LogP contribution in [0.1, 0.15) is 10.5 Å². The number of aromatic amines is 1. The number of primary sulfonamides is 1. The Morgan fingerprint density at radius 2 is 1.81 bits per heavy atom. The number of hydrogen-bond donors (Lipinski definition) is 3. The lowest BCUT2D eigenvalue weighted by atomic mass is 10.3. The summed E-state index contributed by atoms with van der Waals surface area (Å²) in [6.45, 7) is 0. The fourth-order valence-corrected chi connectivity index (χ4v) is 2.06. The first-order valence-electron chi connectivity index (χ1n) is 5.55. The molecule has 10 heteroatoms. The monoisotopic (exact) mass is 310 g/mol. The molecule has 2 aromatic rings. The zero-order chi connectivity index (χ0) is 15.6. The minimum Gasteiger partial charge on any atom is -0.358 e. The second-order valence-corrected chi connectivity index (χ2v) is 5.60. The molecular weight excluding hydrogens is 300 g/mol. The van der Waals surface area contributed by atoms with E-state index < -0.39 is 20.9 Å². The van der Waals surface area contributed by atoms with Gasteiger partial charge in [-0.05, 0) is 35.3 Å². The molecule has 0 fully saturated rings. The molecule has 110 valence electrons. The van der Waals surface area contributed by atoms with Crippen LogP contribution >= 0.6 is 0 Å². The SMILES string of the molecule is NS(=O)(=O)c1ccc(NC(=O)c2ccc([N+](=O)[O-])[nH]2)cc1. The van der Waals surface area contributed by atoms with E-state index in [1.165, 1.54) is 36.4 Å². The molecule has 1 heterocycles. The summed E-state index contributed by atoms with van der Waals surface area (Å²) in [5.41, 5.74) is 0.335. The molecule has 4 N–H and O–H groups in total. The zero-order valence-corrected chi connectivity index (χ0v) is 11.3. The molecule has 0 saturated heterocycles. The molecule has 2 rings (SSSR count). The van der Waals surface area contributed by atoms with Crippen molar-refractivity contribution >= 4 is 27.4 Å². The Bertz CT molecular complexity index is 794. The number of hydrogen-bond acceptors (Lipinski definition) is 5. The van der Waals surface area contributed by atoms with Gasteiger partial charge in [-0.3, -0.25) is 4.79 Å². The van der Waals surface area contributed by atoms with Crippen LogP contribution in [0.2, 0.25) is 0 Å². The summed E-state index contributed by atoms with van der Waals surface area (Å²) in [7, 11) is -3.80. The lowest BCUT2D eigenvalue weighted by Crippen LogP contribution is -2.14. The van der Waals surface area contributed by atoms with E-state index in [0.717, 1.165) is 0 Å². The number of nitrogens with two attached hydrogens (primary N) is 1. The number of carbonyl (C=O) groups is 1. The number of nitro groups is 1. The minimum atomic E-state index is -3.80. The lowest BCUT2D eigenvalue weighted by molar-refractivity contribution is -0.389. The topological polar surface area (TPSA) is 148 Å². The summed E-state index contributed by atoms with van der Waals surface area (Å²) < 4.78 is 22.2. The Morgan fingerprint density at radius 3 is 2.29 bits per heavy atom. The van der Waals surface area contributed by atoms with E-state index in [-0.39, 0.29) is 16.4 Å². The molecule has 0 aliphatic carbocycles. The van der Waals surface area contributed by atoms with Gasteiger partial charge in [-0.25, -0.2) is 18.5 Å². The first-order chi connectivity index (χ1) is 9.77. The Kier molecular flexibility index (Phi) is 3.74. The molecule has 1 amide bonds. The number of carbonyl (C=O) groups excluding carboxylic acids is 1. The summed E-state index contributed by atoms with van der Waals surface area (Å²) in [6.07, 6.45) is 0. The van der Waals surface area contributed by atoms with Crippen molar-refractivity contribution in [1.29, 1.82) is 0 Å². The number of H-pyrrole nitrogens is 1. The van der Waals surface area contributed by atoms with Crippen LogP contribution < -0.4 is 10.5 Å². The van der Waals surface area contributed by atoms with Crippen molar-refractivity contribution in [2.75, 3.05) is 5.32 Å². The third-order valence-electron chi connectivity index (χ3n) is 2.55. The molecule has 0 atom stereocenters. The van der Waals surface area contributed by atoms with Gasteiger partial charge in [-0.15, -0.1) is 0 Å². The van der Waals surface area contributed by atoms with Crippen molar-refractivity contribution in [2.24, 2.45) is 5.14 Å². The van der Waals surface area contributed by atoms with E-state index in [0.29, 0.717) is 5.69 Å². The summed E-state index contributed by atoms with van der Waals surface area (Å²) >= 11 is 0. The highest BCUT2D eigenvalue weighted by Crippen LogP contribution is 2.15. The van der Waals surface area contributed by atoms with Crippen LogP contribution in [0.4, 0.5) is 11.5 Å². The van der Waals surface area contributed by atoms with Crippen LogP contribution in [-0.2, 0) is 10.0 Å². The van der Waals surface area contributed by atoms with Crippen molar-refractivity contribution < 1.29 is 18.1 Å². The zero-order valence-electron chi connectivity index (χ0n) is 10.4. The average molecular weight is 310 g/mol. The van der Waals surface area contributed by atoms with Gasteiger partial charge >= 0.3 is 5.82 Å². The van der Waals surface area contributed by atoms with Gasteiger partial charge in [0.2, 0.25) is 10.0 Å². The number of nitrogens with zero attached hydrogens (tertiary/aromatic N) is 1. The predicted octanol–water partition coefficient (Wildman–Crippen LogP) is 0.823. The van der Waals surface area contributed by atoms with E-state index in [1.54, 1.807) is 0 Å². The lowest BCUT2D eigenvalue weighted by Gasteiger charge is -2.03. The van der Waals surface area contributed by atoms with Crippen LogP contribution in [0.5, 0.6) is 0 Å². The Labute approximate surface area is 119 Å². The molecule has 0 spiro atoms. The van der Waals surface area contributed by atoms with Crippen molar-refractivity contribution in [3.05, 3.63) is 52.2 Å². The van der Waals surface area contributed by atoms with Gasteiger partial charge in [0.25, 0.3) is 5.91 Å².